The number of hydrogen-bond acceptors (Lipinski definition) is 3. The monoisotopic (exact) mass is 221 g/mol. The van der Waals surface area contributed by atoms with Crippen LogP contribution < -0.4 is 28.5 Å². The Bertz CT molecular complexity index is 33.8. The van der Waals surface area contributed by atoms with Crippen LogP contribution >= 0.6 is 0 Å². The maximum atomic E-state index is 8.52. The zero-order valence-electron chi connectivity index (χ0n) is 3.43. The molecule has 0 aliphatic rings. The van der Waals surface area contributed by atoms with E-state index in [4.69, 9.17) is 14.1 Å². The third kappa shape index (κ3) is 41.6. The van der Waals surface area contributed by atoms with Gasteiger partial charge in [-0.1, -0.05) is 0 Å². The Morgan fingerprint density at radius 3 is 1.33 bits per heavy atom. The van der Waals surface area contributed by atoms with Crippen molar-refractivity contribution in [3.63, 3.8) is 0 Å². The van der Waals surface area contributed by atoms with E-state index in [0.717, 1.165) is 0 Å². The van der Waals surface area contributed by atoms with E-state index >= 15 is 0 Å². The predicted octanol–water partition coefficient (Wildman–Crippen LogP) is -6.25. The Morgan fingerprint density at radius 1 is 1.33 bits per heavy atom. The van der Waals surface area contributed by atoms with Crippen molar-refractivity contribution in [1.82, 2.24) is 0 Å². The Balaban J connectivity index is -0.0000000450. The van der Waals surface area contributed by atoms with Crippen molar-refractivity contribution in [3.8, 4) is 0 Å². The first-order chi connectivity index (χ1) is 1.73. The van der Waals surface area contributed by atoms with Crippen LogP contribution in [0, 0.1) is 0 Å². The van der Waals surface area contributed by atoms with Gasteiger partial charge in [-0.2, -0.15) is 0 Å². The molecule has 6 heavy (non-hydrogen) atoms. The summed E-state index contributed by atoms with van der Waals surface area (Å²) in [6, 6.07) is 0. The molecule has 0 radical (unpaired) electrons. The summed E-state index contributed by atoms with van der Waals surface area (Å²) in [5.74, 6) is 0. The second kappa shape index (κ2) is 9.92. The first-order valence-corrected chi connectivity index (χ1v) is 1.84. The van der Waals surface area contributed by atoms with Crippen LogP contribution in [0.3, 0.4) is 0 Å². The summed E-state index contributed by atoms with van der Waals surface area (Å²) in [6.45, 7) is 0. The molecular weight excluding hydrogens is 220 g/mol. The fraction of sp³-hybridized carbons (Fsp3) is 0. The van der Waals surface area contributed by atoms with Crippen molar-refractivity contribution < 1.29 is 32.9 Å². The largest absolute Gasteiger partial charge is 2.00 e. The van der Waals surface area contributed by atoms with Crippen LogP contribution in [0.15, 0.2) is 0 Å². The number of rotatable bonds is 0. The van der Waals surface area contributed by atoms with Gasteiger partial charge in [0.25, 0.3) is 0 Å². The average molecular weight is 220 g/mol. The second-order valence-electron chi connectivity index (χ2n) is 0.250. The molecule has 0 aliphatic carbocycles. The van der Waals surface area contributed by atoms with Gasteiger partial charge in [0.1, 0.15) is 0 Å². The van der Waals surface area contributed by atoms with Gasteiger partial charge in [0, 0.05) is 9.17 Å². The van der Waals surface area contributed by atoms with Gasteiger partial charge in [-0.3, -0.25) is 0 Å². The fourth-order valence-electron chi connectivity index (χ4n) is 0. The third-order valence-corrected chi connectivity index (χ3v) is 0. The molecule has 0 unspecified atom stereocenters. The Labute approximate surface area is 89.3 Å². The molecule has 0 saturated carbocycles. The van der Waals surface area contributed by atoms with Crippen LogP contribution in [-0.4, -0.2) is 58.1 Å². The molecule has 0 rings (SSSR count). The maximum absolute atomic E-state index is 8.52. The van der Waals surface area contributed by atoms with Crippen LogP contribution in [0.1, 0.15) is 0 Å². The van der Waals surface area contributed by atoms with Crippen molar-refractivity contribution in [2.45, 2.75) is 0 Å². The smallest absolute Gasteiger partial charge is 0.672 e. The maximum Gasteiger partial charge on any atom is 2.00 e. The van der Waals surface area contributed by atoms with E-state index in [1.54, 1.807) is 0 Å². The second-order valence-corrected chi connectivity index (χ2v) is 0.750. The van der Waals surface area contributed by atoms with Crippen molar-refractivity contribution in [2.24, 2.45) is 0 Å². The normalized spacial score (nSPS) is 4.00. The van der Waals surface area contributed by atoms with Gasteiger partial charge in [0.15, 0.2) is 0 Å². The van der Waals surface area contributed by atoms with Gasteiger partial charge in [-0.05, 0) is 0 Å². The Hall–Kier alpha value is 1.79. The minimum Gasteiger partial charge on any atom is -0.672 e. The van der Waals surface area contributed by atoms with Crippen molar-refractivity contribution in [2.75, 3.05) is 0 Å². The molecule has 0 spiro atoms. The third-order valence-electron chi connectivity index (χ3n) is 0. The molecule has 0 heterocycles. The SMILES string of the molecule is O=[Si]([O-])[O-].[Ba+2].[Li+]. The van der Waals surface area contributed by atoms with Gasteiger partial charge in [0.05, 0.1) is 0 Å². The summed E-state index contributed by atoms with van der Waals surface area (Å²) in [7, 11) is -3.63. The first-order valence-electron chi connectivity index (χ1n) is 0.612. The molecule has 3 nitrogen and oxygen atoms in total. The van der Waals surface area contributed by atoms with Crippen LogP contribution in [0.4, 0.5) is 0 Å². The van der Waals surface area contributed by atoms with E-state index in [-0.39, 0.29) is 67.7 Å². The summed E-state index contributed by atoms with van der Waals surface area (Å²) < 4.78 is 8.52. The van der Waals surface area contributed by atoms with Crippen LogP contribution in [0.5, 0.6) is 0 Å². The summed E-state index contributed by atoms with van der Waals surface area (Å²) in [5.41, 5.74) is 0. The summed E-state index contributed by atoms with van der Waals surface area (Å²) in [6.07, 6.45) is 0. The minimum absolute atomic E-state index is 0. The predicted molar refractivity (Wildman–Crippen MR) is 12.2 cm³/mol. The summed E-state index contributed by atoms with van der Waals surface area (Å²) in [4.78, 5) is 17.0. The van der Waals surface area contributed by atoms with Crippen LogP contribution in [0.2, 0.25) is 0 Å². The molecular formula is BaLiO3Si+. The molecule has 0 aromatic heterocycles. The molecule has 0 N–H and O–H groups in total. The van der Waals surface area contributed by atoms with E-state index in [9.17, 15) is 0 Å². The van der Waals surface area contributed by atoms with E-state index in [1.165, 1.54) is 0 Å². The minimum atomic E-state index is -3.63. The van der Waals surface area contributed by atoms with E-state index in [2.05, 4.69) is 0 Å². The molecule has 0 amide bonds. The topological polar surface area (TPSA) is 63.2 Å². The molecule has 0 bridgehead atoms. The van der Waals surface area contributed by atoms with Crippen molar-refractivity contribution in [1.29, 1.82) is 0 Å². The van der Waals surface area contributed by atoms with E-state index in [0.29, 0.717) is 0 Å². The van der Waals surface area contributed by atoms with Gasteiger partial charge in [-0.25, -0.2) is 0 Å². The summed E-state index contributed by atoms with van der Waals surface area (Å²) >= 11 is 0. The van der Waals surface area contributed by atoms with Crippen molar-refractivity contribution in [3.05, 3.63) is 0 Å². The Kier molecular flexibility index (Phi) is 25.9. The molecule has 0 aromatic carbocycles. The molecule has 0 fully saturated rings. The van der Waals surface area contributed by atoms with Gasteiger partial charge in [-0.15, -0.1) is 0 Å². The molecule has 0 atom stereocenters. The fourth-order valence-corrected chi connectivity index (χ4v) is 0. The quantitative estimate of drug-likeness (QED) is 0.382. The standard InChI is InChI=1S/Ba.Li.O3Si/c;;1-4(2)3/q+2;+1;-2. The van der Waals surface area contributed by atoms with Crippen LogP contribution in [0.25, 0.3) is 0 Å². The van der Waals surface area contributed by atoms with Crippen LogP contribution in [-0.2, 0) is 4.46 Å². The zero-order valence-corrected chi connectivity index (χ0v) is 8.87. The summed E-state index contributed by atoms with van der Waals surface area (Å²) in [5, 5.41) is 0. The van der Waals surface area contributed by atoms with E-state index in [1.807, 2.05) is 0 Å². The molecule has 6 heteroatoms. The molecule has 0 saturated heterocycles. The molecule has 0 aromatic rings. The first kappa shape index (κ1) is 15.7. The zero-order chi connectivity index (χ0) is 3.58. The Morgan fingerprint density at radius 2 is 1.33 bits per heavy atom. The van der Waals surface area contributed by atoms with Crippen molar-refractivity contribution >= 4 is 58.1 Å². The molecule has 24 valence electrons. The molecule has 0 aliphatic heterocycles. The van der Waals surface area contributed by atoms with Gasteiger partial charge < -0.3 is 14.1 Å². The average Bonchev–Trinajstić information content (AvgIpc) is 0.811. The number of hydrogen-bond donors (Lipinski definition) is 0. The van der Waals surface area contributed by atoms with Gasteiger partial charge >= 0.3 is 67.7 Å². The van der Waals surface area contributed by atoms with Gasteiger partial charge in [0.2, 0.25) is 0 Å². The van der Waals surface area contributed by atoms with E-state index < -0.39 is 9.17 Å².